The minimum absolute atomic E-state index is 1.06. The van der Waals surface area contributed by atoms with Crippen molar-refractivity contribution in [3.63, 3.8) is 0 Å². The highest BCUT2D eigenvalue weighted by Crippen LogP contribution is 2.02. The molecule has 0 N–H and O–H groups in total. The third-order valence-corrected chi connectivity index (χ3v) is 2.23. The van der Waals surface area contributed by atoms with E-state index in [0.29, 0.717) is 0 Å². The normalized spacial score (nSPS) is 26.3. The molecule has 0 radical (unpaired) electrons. The van der Waals surface area contributed by atoms with Gasteiger partial charge in [0.15, 0.2) is 0 Å². The monoisotopic (exact) mass is 188 g/mol. The Hall–Kier alpha value is -1.04. The van der Waals surface area contributed by atoms with E-state index in [2.05, 4.69) is 48.6 Å². The zero-order valence-corrected chi connectivity index (χ0v) is 8.86. The summed E-state index contributed by atoms with van der Waals surface area (Å²) in [6, 6.07) is 0. The van der Waals surface area contributed by atoms with E-state index < -0.39 is 0 Å². The van der Waals surface area contributed by atoms with Gasteiger partial charge < -0.3 is 0 Å². The van der Waals surface area contributed by atoms with Gasteiger partial charge in [-0.25, -0.2) is 0 Å². The van der Waals surface area contributed by atoms with E-state index >= 15 is 0 Å². The van der Waals surface area contributed by atoms with Gasteiger partial charge >= 0.3 is 0 Å². The van der Waals surface area contributed by atoms with Crippen LogP contribution in [0, 0.1) is 0 Å². The zero-order chi connectivity index (χ0) is 9.90. The molecular formula is C14H20. The largest absolute Gasteiger partial charge is 0.0885 e. The standard InChI is InChI=1S/C14H20/c1-2-4-6-8-10-12-14-13-11-9-7-5-3-1/h1-4,7,9,12,14H,5-6,8,10-11,13H2/b3-1-,4-2?,9-7-,14-12-. The maximum absolute atomic E-state index is 2.31. The molecule has 0 aromatic heterocycles. The summed E-state index contributed by atoms with van der Waals surface area (Å²) in [6.07, 6.45) is 25.0. The van der Waals surface area contributed by atoms with Crippen molar-refractivity contribution < 1.29 is 0 Å². The van der Waals surface area contributed by atoms with E-state index in [1.165, 1.54) is 32.1 Å². The summed E-state index contributed by atoms with van der Waals surface area (Å²) in [4.78, 5) is 0. The van der Waals surface area contributed by atoms with Crippen molar-refractivity contribution in [3.8, 4) is 0 Å². The van der Waals surface area contributed by atoms with Crippen molar-refractivity contribution >= 4 is 0 Å². The molecule has 76 valence electrons. The Kier molecular flexibility index (Phi) is 6.74. The number of hydrogen-bond donors (Lipinski definition) is 0. The molecule has 0 aromatic carbocycles. The number of hydrogen-bond acceptors (Lipinski definition) is 0. The lowest BCUT2D eigenvalue weighted by Gasteiger charge is -1.91. The van der Waals surface area contributed by atoms with Crippen LogP contribution in [0.2, 0.25) is 0 Å². The van der Waals surface area contributed by atoms with Crippen LogP contribution >= 0.6 is 0 Å². The molecule has 0 saturated heterocycles. The van der Waals surface area contributed by atoms with Crippen molar-refractivity contribution in [1.29, 1.82) is 0 Å². The molecular weight excluding hydrogens is 168 g/mol. The fourth-order valence-electron chi connectivity index (χ4n) is 1.41. The van der Waals surface area contributed by atoms with Crippen LogP contribution < -0.4 is 0 Å². The van der Waals surface area contributed by atoms with Gasteiger partial charge in [0, 0.05) is 0 Å². The molecule has 0 bridgehead atoms. The summed E-state index contributed by atoms with van der Waals surface area (Å²) < 4.78 is 0. The second kappa shape index (κ2) is 8.55. The molecule has 0 unspecified atom stereocenters. The van der Waals surface area contributed by atoms with Gasteiger partial charge in [0.2, 0.25) is 0 Å². The molecule has 0 nitrogen and oxygen atoms in total. The van der Waals surface area contributed by atoms with Gasteiger partial charge in [0.1, 0.15) is 0 Å². The van der Waals surface area contributed by atoms with Gasteiger partial charge in [-0.1, -0.05) is 48.6 Å². The maximum atomic E-state index is 2.31. The summed E-state index contributed by atoms with van der Waals surface area (Å²) in [7, 11) is 0. The first-order valence-electron chi connectivity index (χ1n) is 5.62. The molecule has 0 spiro atoms. The fourth-order valence-corrected chi connectivity index (χ4v) is 1.41. The molecule has 0 aromatic rings. The van der Waals surface area contributed by atoms with Crippen LogP contribution in [0.5, 0.6) is 0 Å². The smallest absolute Gasteiger partial charge is 0.0166 e. The van der Waals surface area contributed by atoms with Crippen LogP contribution in [-0.4, -0.2) is 0 Å². The average molecular weight is 188 g/mol. The summed E-state index contributed by atoms with van der Waals surface area (Å²) in [5.74, 6) is 0. The van der Waals surface area contributed by atoms with E-state index in [-0.39, 0.29) is 0 Å². The summed E-state index contributed by atoms with van der Waals surface area (Å²) in [5.41, 5.74) is 0. The first-order chi connectivity index (χ1) is 7.00. The lowest BCUT2D eigenvalue weighted by atomic mass is 10.2. The van der Waals surface area contributed by atoms with Crippen molar-refractivity contribution in [2.45, 2.75) is 38.5 Å². The maximum Gasteiger partial charge on any atom is -0.0166 e. The molecule has 1 rings (SSSR count). The van der Waals surface area contributed by atoms with Crippen LogP contribution in [0.4, 0.5) is 0 Å². The molecule has 0 heteroatoms. The van der Waals surface area contributed by atoms with E-state index in [1.54, 1.807) is 0 Å². The molecule has 0 heterocycles. The predicted octanol–water partition coefficient (Wildman–Crippen LogP) is 4.57. The van der Waals surface area contributed by atoms with E-state index in [9.17, 15) is 0 Å². The van der Waals surface area contributed by atoms with E-state index in [4.69, 9.17) is 0 Å². The van der Waals surface area contributed by atoms with Gasteiger partial charge in [0.25, 0.3) is 0 Å². The minimum Gasteiger partial charge on any atom is -0.0885 e. The second-order valence-corrected chi connectivity index (χ2v) is 3.54. The topological polar surface area (TPSA) is 0 Å². The number of rotatable bonds is 0. The van der Waals surface area contributed by atoms with Crippen LogP contribution in [0.15, 0.2) is 48.6 Å². The third-order valence-electron chi connectivity index (χ3n) is 2.23. The van der Waals surface area contributed by atoms with Gasteiger partial charge in [-0.05, 0) is 38.5 Å². The van der Waals surface area contributed by atoms with Crippen molar-refractivity contribution in [2.75, 3.05) is 0 Å². The first-order valence-corrected chi connectivity index (χ1v) is 5.62. The first kappa shape index (κ1) is 11.0. The fraction of sp³-hybridized carbons (Fsp3) is 0.429. The second-order valence-electron chi connectivity index (χ2n) is 3.54. The third kappa shape index (κ3) is 6.47. The Morgan fingerprint density at radius 2 is 1.14 bits per heavy atom. The minimum atomic E-state index is 1.06. The predicted molar refractivity (Wildman–Crippen MR) is 64.3 cm³/mol. The van der Waals surface area contributed by atoms with Crippen molar-refractivity contribution in [3.05, 3.63) is 48.6 Å². The lowest BCUT2D eigenvalue weighted by molar-refractivity contribution is 0.862. The van der Waals surface area contributed by atoms with Crippen molar-refractivity contribution in [2.24, 2.45) is 0 Å². The summed E-state index contributed by atoms with van der Waals surface area (Å²) in [6.45, 7) is 0. The van der Waals surface area contributed by atoms with E-state index in [0.717, 1.165) is 6.42 Å². The Labute approximate surface area is 87.7 Å². The number of allylic oxidation sites excluding steroid dienone is 8. The van der Waals surface area contributed by atoms with Gasteiger partial charge in [-0.15, -0.1) is 0 Å². The Morgan fingerprint density at radius 3 is 2.07 bits per heavy atom. The summed E-state index contributed by atoms with van der Waals surface area (Å²) in [5, 5.41) is 0. The van der Waals surface area contributed by atoms with E-state index in [1.807, 2.05) is 0 Å². The molecule has 0 fully saturated rings. The molecule has 14 heavy (non-hydrogen) atoms. The highest BCUT2D eigenvalue weighted by atomic mass is 13.9. The van der Waals surface area contributed by atoms with Crippen molar-refractivity contribution in [1.82, 2.24) is 0 Å². The molecule has 0 amide bonds. The lowest BCUT2D eigenvalue weighted by Crippen LogP contribution is -1.71. The molecule has 0 aliphatic heterocycles. The highest BCUT2D eigenvalue weighted by molar-refractivity contribution is 5.05. The Morgan fingerprint density at radius 1 is 0.500 bits per heavy atom. The Balaban J connectivity index is 2.34. The molecule has 0 atom stereocenters. The van der Waals surface area contributed by atoms with Gasteiger partial charge in [0.05, 0.1) is 0 Å². The molecule has 1 aliphatic rings. The van der Waals surface area contributed by atoms with Crippen LogP contribution in [0.1, 0.15) is 38.5 Å². The van der Waals surface area contributed by atoms with Crippen LogP contribution in [-0.2, 0) is 0 Å². The SMILES string of the molecule is C1=CCCC/C=C\CC/C=C\C/C=C\1. The van der Waals surface area contributed by atoms with Crippen LogP contribution in [0.25, 0.3) is 0 Å². The molecule has 1 aliphatic carbocycles. The van der Waals surface area contributed by atoms with Gasteiger partial charge in [-0.2, -0.15) is 0 Å². The summed E-state index contributed by atoms with van der Waals surface area (Å²) >= 11 is 0. The Bertz CT molecular complexity index is 228. The molecule has 0 saturated carbocycles. The zero-order valence-electron chi connectivity index (χ0n) is 8.86. The van der Waals surface area contributed by atoms with Crippen LogP contribution in [0.3, 0.4) is 0 Å². The average Bonchev–Trinajstić information content (AvgIpc) is 2.22. The quantitative estimate of drug-likeness (QED) is 0.489. The van der Waals surface area contributed by atoms with Gasteiger partial charge in [-0.3, -0.25) is 0 Å². The highest BCUT2D eigenvalue weighted by Gasteiger charge is 1.81.